The van der Waals surface area contributed by atoms with Gasteiger partial charge in [-0.3, -0.25) is 0 Å². The van der Waals surface area contributed by atoms with Gasteiger partial charge in [-0.05, 0) is 19.8 Å². The van der Waals surface area contributed by atoms with E-state index in [4.69, 9.17) is 4.74 Å². The van der Waals surface area contributed by atoms with Gasteiger partial charge >= 0.3 is 5.97 Å². The molecule has 0 aromatic carbocycles. The van der Waals surface area contributed by atoms with Crippen LogP contribution in [0.3, 0.4) is 0 Å². The fourth-order valence-corrected chi connectivity index (χ4v) is 3.28. The highest BCUT2D eigenvalue weighted by molar-refractivity contribution is 7.17. The summed E-state index contributed by atoms with van der Waals surface area (Å²) >= 11 is 1.46. The van der Waals surface area contributed by atoms with Crippen LogP contribution >= 0.6 is 11.3 Å². The minimum atomic E-state index is -0.275. The first-order chi connectivity index (χ1) is 8.72. The van der Waals surface area contributed by atoms with Gasteiger partial charge in [-0.15, -0.1) is 0 Å². The first-order valence-electron chi connectivity index (χ1n) is 6.53. The number of methoxy groups -OCH3 is 1. The maximum absolute atomic E-state index is 11.6. The third-order valence-electron chi connectivity index (χ3n) is 3.28. The van der Waals surface area contributed by atoms with Crippen molar-refractivity contribution in [3.8, 4) is 0 Å². The summed E-state index contributed by atoms with van der Waals surface area (Å²) in [4.78, 5) is 19.0. The molecule has 1 aromatic rings. The van der Waals surface area contributed by atoms with Gasteiger partial charge in [-0.2, -0.15) is 0 Å². The van der Waals surface area contributed by atoms with Gasteiger partial charge in [0.05, 0.1) is 12.8 Å². The number of hydrogen-bond acceptors (Lipinski definition) is 5. The molecule has 0 amide bonds. The van der Waals surface area contributed by atoms with E-state index in [-0.39, 0.29) is 5.97 Å². The summed E-state index contributed by atoms with van der Waals surface area (Å²) in [5.74, 6) is -0.275. The number of hydrogen-bond donors (Lipinski definition) is 0. The van der Waals surface area contributed by atoms with Crippen LogP contribution in [0.5, 0.6) is 0 Å². The van der Waals surface area contributed by atoms with Gasteiger partial charge in [0.1, 0.15) is 4.88 Å². The van der Waals surface area contributed by atoms with Crippen LogP contribution < -0.4 is 4.90 Å². The second kappa shape index (κ2) is 6.18. The smallest absolute Gasteiger partial charge is 0.350 e. The number of nitrogens with zero attached hydrogens (tertiary/aromatic N) is 2. The van der Waals surface area contributed by atoms with Crippen LogP contribution in [-0.4, -0.2) is 31.2 Å². The van der Waals surface area contributed by atoms with E-state index in [1.54, 1.807) is 0 Å². The summed E-state index contributed by atoms with van der Waals surface area (Å²) in [5, 5.41) is 0.967. The Hall–Kier alpha value is -1.10. The number of thiazole rings is 1. The number of ether oxygens (including phenoxy) is 1. The van der Waals surface area contributed by atoms with Crippen molar-refractivity contribution in [1.82, 2.24) is 4.98 Å². The molecule has 1 aliphatic rings. The maximum atomic E-state index is 11.6. The molecule has 0 unspecified atom stereocenters. The average Bonchev–Trinajstić information content (AvgIpc) is 2.70. The van der Waals surface area contributed by atoms with Gasteiger partial charge in [-0.25, -0.2) is 9.78 Å². The van der Waals surface area contributed by atoms with E-state index in [0.717, 1.165) is 23.9 Å². The summed E-state index contributed by atoms with van der Waals surface area (Å²) in [6, 6.07) is 0. The van der Waals surface area contributed by atoms with E-state index in [0.29, 0.717) is 4.88 Å². The van der Waals surface area contributed by atoms with Gasteiger partial charge in [0, 0.05) is 13.1 Å². The van der Waals surface area contributed by atoms with Crippen molar-refractivity contribution >= 4 is 22.4 Å². The Morgan fingerprint density at radius 2 is 1.83 bits per heavy atom. The number of anilines is 1. The van der Waals surface area contributed by atoms with Crippen LogP contribution in [0.15, 0.2) is 0 Å². The monoisotopic (exact) mass is 268 g/mol. The average molecular weight is 268 g/mol. The number of rotatable bonds is 2. The fourth-order valence-electron chi connectivity index (χ4n) is 2.24. The van der Waals surface area contributed by atoms with Crippen molar-refractivity contribution in [3.63, 3.8) is 0 Å². The van der Waals surface area contributed by atoms with Crippen molar-refractivity contribution in [1.29, 1.82) is 0 Å². The Morgan fingerprint density at radius 3 is 2.44 bits per heavy atom. The molecule has 0 N–H and O–H groups in total. The topological polar surface area (TPSA) is 42.4 Å². The highest BCUT2D eigenvalue weighted by Crippen LogP contribution is 2.28. The quantitative estimate of drug-likeness (QED) is 0.773. The molecule has 100 valence electrons. The molecule has 18 heavy (non-hydrogen) atoms. The number of carbonyl (C=O) groups is 1. The second-order valence-electron chi connectivity index (χ2n) is 4.66. The van der Waals surface area contributed by atoms with E-state index in [1.165, 1.54) is 50.6 Å². The third kappa shape index (κ3) is 3.02. The molecule has 0 saturated carbocycles. The van der Waals surface area contributed by atoms with E-state index >= 15 is 0 Å². The van der Waals surface area contributed by atoms with Gasteiger partial charge in [-0.1, -0.05) is 30.6 Å². The van der Waals surface area contributed by atoms with E-state index in [1.807, 2.05) is 6.92 Å². The molecule has 5 heteroatoms. The number of aryl methyl sites for hydroxylation is 1. The van der Waals surface area contributed by atoms with Crippen LogP contribution in [0.2, 0.25) is 0 Å². The van der Waals surface area contributed by atoms with Crippen molar-refractivity contribution in [2.75, 3.05) is 25.1 Å². The molecular weight excluding hydrogens is 248 g/mol. The summed E-state index contributed by atoms with van der Waals surface area (Å²) < 4.78 is 4.78. The van der Waals surface area contributed by atoms with Crippen molar-refractivity contribution < 1.29 is 9.53 Å². The lowest BCUT2D eigenvalue weighted by atomic mass is 10.1. The molecule has 0 aliphatic carbocycles. The Balaban J connectivity index is 2.14. The Labute approximate surface area is 112 Å². The predicted octanol–water partition coefficient (Wildman–Crippen LogP) is 3.01. The Morgan fingerprint density at radius 1 is 1.22 bits per heavy atom. The van der Waals surface area contributed by atoms with Crippen LogP contribution in [-0.2, 0) is 4.74 Å². The molecule has 0 spiro atoms. The molecule has 1 saturated heterocycles. The zero-order valence-corrected chi connectivity index (χ0v) is 11.9. The summed E-state index contributed by atoms with van der Waals surface area (Å²) in [6.07, 6.45) is 6.37. The van der Waals surface area contributed by atoms with Crippen LogP contribution in [0.1, 0.15) is 47.5 Å². The van der Waals surface area contributed by atoms with Gasteiger partial charge in [0.2, 0.25) is 0 Å². The third-order valence-corrected chi connectivity index (χ3v) is 4.48. The highest BCUT2D eigenvalue weighted by atomic mass is 32.1. The van der Waals surface area contributed by atoms with Crippen LogP contribution in [0.4, 0.5) is 5.13 Å². The largest absolute Gasteiger partial charge is 0.465 e. The minimum absolute atomic E-state index is 0.275. The SMILES string of the molecule is COC(=O)c1sc(N2CCCCCCC2)nc1C. The Kier molecular flexibility index (Phi) is 4.58. The normalized spacial score (nSPS) is 17.1. The zero-order valence-electron chi connectivity index (χ0n) is 11.1. The lowest BCUT2D eigenvalue weighted by Crippen LogP contribution is -2.26. The zero-order chi connectivity index (χ0) is 13.0. The van der Waals surface area contributed by atoms with E-state index in [9.17, 15) is 4.79 Å². The summed E-state index contributed by atoms with van der Waals surface area (Å²) in [7, 11) is 1.41. The molecular formula is C13H20N2O2S. The predicted molar refractivity (Wildman–Crippen MR) is 73.5 cm³/mol. The van der Waals surface area contributed by atoms with Gasteiger partial charge in [0.25, 0.3) is 0 Å². The first kappa shape index (κ1) is 13.3. The highest BCUT2D eigenvalue weighted by Gasteiger charge is 2.19. The van der Waals surface area contributed by atoms with Crippen molar-refractivity contribution in [3.05, 3.63) is 10.6 Å². The number of carbonyl (C=O) groups excluding carboxylic acids is 1. The Bertz CT molecular complexity index is 409. The van der Waals surface area contributed by atoms with Gasteiger partial charge < -0.3 is 9.64 Å². The van der Waals surface area contributed by atoms with E-state index in [2.05, 4.69) is 9.88 Å². The number of aromatic nitrogens is 1. The number of esters is 1. The molecule has 1 fully saturated rings. The minimum Gasteiger partial charge on any atom is -0.465 e. The molecule has 4 nitrogen and oxygen atoms in total. The fraction of sp³-hybridized carbons (Fsp3) is 0.692. The maximum Gasteiger partial charge on any atom is 0.350 e. The summed E-state index contributed by atoms with van der Waals surface area (Å²) in [5.41, 5.74) is 0.781. The lowest BCUT2D eigenvalue weighted by molar-refractivity contribution is 0.0605. The standard InChI is InChI=1S/C13H20N2O2S/c1-10-11(12(16)17-2)18-13(14-10)15-8-6-4-3-5-7-9-15/h3-9H2,1-2H3. The molecule has 1 aliphatic heterocycles. The summed E-state index contributed by atoms with van der Waals surface area (Å²) in [6.45, 7) is 3.97. The lowest BCUT2D eigenvalue weighted by Gasteiger charge is -2.23. The van der Waals surface area contributed by atoms with Crippen LogP contribution in [0, 0.1) is 6.92 Å². The molecule has 0 atom stereocenters. The van der Waals surface area contributed by atoms with Crippen molar-refractivity contribution in [2.45, 2.75) is 39.0 Å². The van der Waals surface area contributed by atoms with Gasteiger partial charge in [0.15, 0.2) is 5.13 Å². The van der Waals surface area contributed by atoms with Crippen LogP contribution in [0.25, 0.3) is 0 Å². The van der Waals surface area contributed by atoms with E-state index < -0.39 is 0 Å². The van der Waals surface area contributed by atoms with Crippen molar-refractivity contribution in [2.24, 2.45) is 0 Å². The molecule has 0 radical (unpaired) electrons. The molecule has 0 bridgehead atoms. The first-order valence-corrected chi connectivity index (χ1v) is 7.34. The molecule has 2 heterocycles. The second-order valence-corrected chi connectivity index (χ2v) is 5.63. The molecule has 1 aromatic heterocycles. The molecule has 2 rings (SSSR count).